The SMILES string of the molecule is CCCCCOC(=O)C=CCO. The van der Waals surface area contributed by atoms with Crippen LogP contribution in [-0.2, 0) is 9.53 Å². The first-order chi connectivity index (χ1) is 5.81. The Kier molecular flexibility index (Phi) is 7.70. The average molecular weight is 172 g/mol. The Morgan fingerprint density at radius 2 is 2.25 bits per heavy atom. The fourth-order valence-electron chi connectivity index (χ4n) is 0.722. The van der Waals surface area contributed by atoms with Crippen molar-refractivity contribution in [1.29, 1.82) is 0 Å². The number of aliphatic hydroxyl groups is 1. The highest BCUT2D eigenvalue weighted by Gasteiger charge is 1.94. The molecule has 0 fully saturated rings. The molecule has 0 spiro atoms. The zero-order valence-corrected chi connectivity index (χ0v) is 7.45. The molecule has 0 aromatic heterocycles. The normalized spacial score (nSPS) is 10.5. The maximum Gasteiger partial charge on any atom is 0.330 e. The third kappa shape index (κ3) is 7.28. The molecule has 0 radical (unpaired) electrons. The van der Waals surface area contributed by atoms with E-state index in [0.717, 1.165) is 19.3 Å². The monoisotopic (exact) mass is 172 g/mol. The van der Waals surface area contributed by atoms with Crippen LogP contribution in [-0.4, -0.2) is 24.3 Å². The summed E-state index contributed by atoms with van der Waals surface area (Å²) in [5.41, 5.74) is 0. The van der Waals surface area contributed by atoms with E-state index < -0.39 is 0 Å². The summed E-state index contributed by atoms with van der Waals surface area (Å²) in [4.78, 5) is 10.7. The minimum absolute atomic E-state index is 0.121. The topological polar surface area (TPSA) is 46.5 Å². The molecule has 0 saturated carbocycles. The summed E-state index contributed by atoms with van der Waals surface area (Å²) in [7, 11) is 0. The van der Waals surface area contributed by atoms with Crippen LogP contribution in [0.15, 0.2) is 12.2 Å². The third-order valence-electron chi connectivity index (χ3n) is 1.35. The molecule has 0 amide bonds. The van der Waals surface area contributed by atoms with Crippen LogP contribution in [0, 0.1) is 0 Å². The van der Waals surface area contributed by atoms with Gasteiger partial charge in [0.1, 0.15) is 0 Å². The first-order valence-corrected chi connectivity index (χ1v) is 4.25. The summed E-state index contributed by atoms with van der Waals surface area (Å²) in [5.74, 6) is -0.375. The molecule has 0 bridgehead atoms. The maximum absolute atomic E-state index is 10.7. The van der Waals surface area contributed by atoms with E-state index in [9.17, 15) is 4.79 Å². The number of aliphatic hydroxyl groups excluding tert-OH is 1. The quantitative estimate of drug-likeness (QED) is 0.373. The lowest BCUT2D eigenvalue weighted by Crippen LogP contribution is -2.02. The van der Waals surface area contributed by atoms with Crippen LogP contribution in [0.25, 0.3) is 0 Å². The van der Waals surface area contributed by atoms with Gasteiger partial charge in [0.2, 0.25) is 0 Å². The van der Waals surface area contributed by atoms with Crippen molar-refractivity contribution in [2.75, 3.05) is 13.2 Å². The highest BCUT2D eigenvalue weighted by Crippen LogP contribution is 1.94. The van der Waals surface area contributed by atoms with Crippen molar-refractivity contribution in [3.63, 3.8) is 0 Å². The molecule has 3 nitrogen and oxygen atoms in total. The summed E-state index contributed by atoms with van der Waals surface area (Å²) in [6.07, 6.45) is 5.71. The average Bonchev–Trinajstić information content (AvgIpc) is 2.09. The van der Waals surface area contributed by atoms with Gasteiger partial charge < -0.3 is 9.84 Å². The van der Waals surface area contributed by atoms with Crippen molar-refractivity contribution in [1.82, 2.24) is 0 Å². The summed E-state index contributed by atoms with van der Waals surface area (Å²) < 4.78 is 4.81. The van der Waals surface area contributed by atoms with E-state index in [1.165, 1.54) is 12.2 Å². The molecule has 0 aliphatic heterocycles. The second kappa shape index (κ2) is 8.27. The van der Waals surface area contributed by atoms with Crippen molar-refractivity contribution in [2.24, 2.45) is 0 Å². The Morgan fingerprint density at radius 1 is 1.50 bits per heavy atom. The Balaban J connectivity index is 3.25. The molecule has 0 aliphatic rings. The lowest BCUT2D eigenvalue weighted by molar-refractivity contribution is -0.137. The Labute approximate surface area is 73.0 Å². The molecule has 0 aromatic rings. The molecule has 12 heavy (non-hydrogen) atoms. The van der Waals surface area contributed by atoms with E-state index in [1.807, 2.05) is 0 Å². The molecule has 70 valence electrons. The fourth-order valence-corrected chi connectivity index (χ4v) is 0.722. The fraction of sp³-hybridized carbons (Fsp3) is 0.667. The van der Waals surface area contributed by atoms with Gasteiger partial charge in [0, 0.05) is 6.08 Å². The molecule has 0 rings (SSSR count). The highest BCUT2D eigenvalue weighted by molar-refractivity contribution is 5.81. The van der Waals surface area contributed by atoms with Crippen molar-refractivity contribution in [3.8, 4) is 0 Å². The first-order valence-electron chi connectivity index (χ1n) is 4.25. The molecule has 3 heteroatoms. The molecule has 0 saturated heterocycles. The number of ether oxygens (including phenoxy) is 1. The minimum Gasteiger partial charge on any atom is -0.463 e. The minimum atomic E-state index is -0.375. The smallest absolute Gasteiger partial charge is 0.330 e. The largest absolute Gasteiger partial charge is 0.463 e. The van der Waals surface area contributed by atoms with Gasteiger partial charge in [-0.25, -0.2) is 4.79 Å². The van der Waals surface area contributed by atoms with Gasteiger partial charge in [0.05, 0.1) is 13.2 Å². The van der Waals surface area contributed by atoms with E-state index in [0.29, 0.717) is 6.61 Å². The molecule has 0 unspecified atom stereocenters. The van der Waals surface area contributed by atoms with Gasteiger partial charge in [-0.3, -0.25) is 0 Å². The third-order valence-corrected chi connectivity index (χ3v) is 1.35. The van der Waals surface area contributed by atoms with Crippen LogP contribution in [0.2, 0.25) is 0 Å². The molecular formula is C9H16O3. The van der Waals surface area contributed by atoms with Gasteiger partial charge in [0.25, 0.3) is 0 Å². The van der Waals surface area contributed by atoms with Crippen LogP contribution in [0.3, 0.4) is 0 Å². The zero-order valence-electron chi connectivity index (χ0n) is 7.45. The number of esters is 1. The summed E-state index contributed by atoms with van der Waals surface area (Å²) >= 11 is 0. The second-order valence-corrected chi connectivity index (χ2v) is 2.46. The predicted molar refractivity (Wildman–Crippen MR) is 46.7 cm³/mol. The van der Waals surface area contributed by atoms with Crippen molar-refractivity contribution < 1.29 is 14.6 Å². The van der Waals surface area contributed by atoms with Gasteiger partial charge in [0.15, 0.2) is 0 Å². The molecule has 0 heterocycles. The van der Waals surface area contributed by atoms with Gasteiger partial charge in [-0.05, 0) is 6.42 Å². The zero-order chi connectivity index (χ0) is 9.23. The summed E-state index contributed by atoms with van der Waals surface area (Å²) in [6.45, 7) is 2.44. The van der Waals surface area contributed by atoms with Crippen LogP contribution < -0.4 is 0 Å². The van der Waals surface area contributed by atoms with Crippen LogP contribution in [0.5, 0.6) is 0 Å². The lowest BCUT2D eigenvalue weighted by atomic mass is 10.3. The van der Waals surface area contributed by atoms with Crippen molar-refractivity contribution >= 4 is 5.97 Å². The maximum atomic E-state index is 10.7. The molecule has 0 atom stereocenters. The number of hydrogen-bond donors (Lipinski definition) is 1. The molecule has 1 N–H and O–H groups in total. The first kappa shape index (κ1) is 11.2. The number of carbonyl (C=O) groups is 1. The Bertz CT molecular complexity index is 141. The number of carbonyl (C=O) groups excluding carboxylic acids is 1. The highest BCUT2D eigenvalue weighted by atomic mass is 16.5. The van der Waals surface area contributed by atoms with Crippen LogP contribution >= 0.6 is 0 Å². The standard InChI is InChI=1S/C9H16O3/c1-2-3-4-8-12-9(11)6-5-7-10/h5-6,10H,2-4,7-8H2,1H3. The van der Waals surface area contributed by atoms with E-state index >= 15 is 0 Å². The predicted octanol–water partition coefficient (Wildman–Crippen LogP) is 1.27. The second-order valence-electron chi connectivity index (χ2n) is 2.46. The van der Waals surface area contributed by atoms with Gasteiger partial charge in [-0.15, -0.1) is 0 Å². The number of hydrogen-bond acceptors (Lipinski definition) is 3. The summed E-state index contributed by atoms with van der Waals surface area (Å²) in [5, 5.41) is 8.33. The van der Waals surface area contributed by atoms with E-state index in [2.05, 4.69) is 6.92 Å². The lowest BCUT2D eigenvalue weighted by Gasteiger charge is -1.99. The van der Waals surface area contributed by atoms with Crippen molar-refractivity contribution in [2.45, 2.75) is 26.2 Å². The van der Waals surface area contributed by atoms with Gasteiger partial charge in [-0.2, -0.15) is 0 Å². The van der Waals surface area contributed by atoms with E-state index in [1.54, 1.807) is 0 Å². The summed E-state index contributed by atoms with van der Waals surface area (Å²) in [6, 6.07) is 0. The molecule has 0 aromatic carbocycles. The Hall–Kier alpha value is -0.830. The van der Waals surface area contributed by atoms with Gasteiger partial charge in [-0.1, -0.05) is 25.8 Å². The Morgan fingerprint density at radius 3 is 2.83 bits per heavy atom. The van der Waals surface area contributed by atoms with Crippen LogP contribution in [0.4, 0.5) is 0 Å². The number of rotatable bonds is 6. The van der Waals surface area contributed by atoms with Crippen LogP contribution in [0.1, 0.15) is 26.2 Å². The molecule has 0 aliphatic carbocycles. The molecular weight excluding hydrogens is 156 g/mol. The van der Waals surface area contributed by atoms with E-state index in [-0.39, 0.29) is 12.6 Å². The number of unbranched alkanes of at least 4 members (excludes halogenated alkanes) is 2. The van der Waals surface area contributed by atoms with Crippen molar-refractivity contribution in [3.05, 3.63) is 12.2 Å². The van der Waals surface area contributed by atoms with Gasteiger partial charge >= 0.3 is 5.97 Å². The van der Waals surface area contributed by atoms with E-state index in [4.69, 9.17) is 9.84 Å².